The number of aromatic amines is 1. The SMILES string of the molecule is [Y].[c-]1cccc2[nH]ncc12. The molecule has 0 bridgehead atoms. The van der Waals surface area contributed by atoms with Crippen LogP contribution in [-0.4, -0.2) is 10.2 Å². The molecular weight excluding hydrogens is 201 g/mol. The van der Waals surface area contributed by atoms with Crippen LogP contribution >= 0.6 is 0 Å². The quantitative estimate of drug-likeness (QED) is 0.647. The first kappa shape index (κ1) is 7.90. The van der Waals surface area contributed by atoms with Gasteiger partial charge in [0.15, 0.2) is 0 Å². The molecule has 0 aliphatic rings. The normalized spacial score (nSPS) is 9.20. The molecule has 3 heteroatoms. The number of aromatic nitrogens is 2. The maximum absolute atomic E-state index is 3.85. The van der Waals surface area contributed by atoms with Crippen LogP contribution < -0.4 is 0 Å². The summed E-state index contributed by atoms with van der Waals surface area (Å²) in [7, 11) is 0. The summed E-state index contributed by atoms with van der Waals surface area (Å²) in [5.74, 6) is 0. The largest absolute Gasteiger partial charge is 0.328 e. The Morgan fingerprint density at radius 1 is 1.50 bits per heavy atom. The summed E-state index contributed by atoms with van der Waals surface area (Å²) in [5, 5.41) is 7.72. The van der Waals surface area contributed by atoms with Gasteiger partial charge in [0.25, 0.3) is 0 Å². The molecule has 0 saturated carbocycles. The van der Waals surface area contributed by atoms with Gasteiger partial charge < -0.3 is 5.10 Å². The van der Waals surface area contributed by atoms with Crippen LogP contribution in [0.15, 0.2) is 24.4 Å². The number of nitrogens with zero attached hydrogens (tertiary/aromatic N) is 1. The zero-order valence-corrected chi connectivity index (χ0v) is 8.17. The molecule has 1 radical (unpaired) electrons. The fraction of sp³-hybridized carbons (Fsp3) is 0. The maximum atomic E-state index is 3.85. The zero-order chi connectivity index (χ0) is 6.10. The molecule has 2 aromatic rings. The summed E-state index contributed by atoms with van der Waals surface area (Å²) in [6, 6.07) is 8.81. The molecule has 2 nitrogen and oxygen atoms in total. The minimum atomic E-state index is 0. The molecule has 0 unspecified atom stereocenters. The summed E-state index contributed by atoms with van der Waals surface area (Å²) in [5.41, 5.74) is 1.04. The Hall–Kier alpha value is -0.206. The molecule has 0 fully saturated rings. The molecule has 1 heterocycles. The third-order valence-electron chi connectivity index (χ3n) is 1.27. The number of benzene rings is 1. The van der Waals surface area contributed by atoms with Crippen LogP contribution in [0, 0.1) is 6.07 Å². The van der Waals surface area contributed by atoms with Crippen molar-refractivity contribution in [2.75, 3.05) is 0 Å². The maximum Gasteiger partial charge on any atom is 0 e. The average molecular weight is 206 g/mol. The van der Waals surface area contributed by atoms with Crippen molar-refractivity contribution in [3.8, 4) is 0 Å². The topological polar surface area (TPSA) is 28.7 Å². The van der Waals surface area contributed by atoms with E-state index in [0.717, 1.165) is 10.9 Å². The van der Waals surface area contributed by atoms with Gasteiger partial charge in [-0.3, -0.25) is 0 Å². The molecular formula is C7H5N2Y-. The summed E-state index contributed by atoms with van der Waals surface area (Å²) >= 11 is 0. The molecule has 0 atom stereocenters. The molecule has 1 N–H and O–H groups in total. The molecule has 0 aliphatic heterocycles. The van der Waals surface area contributed by atoms with Gasteiger partial charge in [0.1, 0.15) is 0 Å². The Bertz CT molecular complexity index is 286. The van der Waals surface area contributed by atoms with Crippen LogP contribution in [0.2, 0.25) is 0 Å². The summed E-state index contributed by atoms with van der Waals surface area (Å²) in [6.45, 7) is 0. The average Bonchev–Trinajstić information content (AvgIpc) is 2.33. The standard InChI is InChI=1S/C7H5N2.Y/c1-2-4-7-6(3-1)5-8-9-7;/h1-2,4-5H,(H,8,9);/q-1;. The molecule has 0 aliphatic carbocycles. The number of hydrogen-bond donors (Lipinski definition) is 1. The minimum absolute atomic E-state index is 0. The fourth-order valence-electron chi connectivity index (χ4n) is 0.820. The van der Waals surface area contributed by atoms with E-state index in [1.807, 2.05) is 18.2 Å². The Labute approximate surface area is 83.9 Å². The van der Waals surface area contributed by atoms with Gasteiger partial charge in [-0.2, -0.15) is 0 Å². The van der Waals surface area contributed by atoms with Crippen LogP contribution in [-0.2, 0) is 32.7 Å². The summed E-state index contributed by atoms with van der Waals surface area (Å²) in [4.78, 5) is 0. The van der Waals surface area contributed by atoms with E-state index in [-0.39, 0.29) is 32.7 Å². The van der Waals surface area contributed by atoms with Crippen molar-refractivity contribution in [2.45, 2.75) is 0 Å². The van der Waals surface area contributed by atoms with E-state index < -0.39 is 0 Å². The van der Waals surface area contributed by atoms with Crippen molar-refractivity contribution in [1.29, 1.82) is 0 Å². The Morgan fingerprint density at radius 2 is 2.40 bits per heavy atom. The summed E-state index contributed by atoms with van der Waals surface area (Å²) < 4.78 is 0. The Morgan fingerprint density at radius 3 is 3.20 bits per heavy atom. The van der Waals surface area contributed by atoms with Crippen molar-refractivity contribution in [3.05, 3.63) is 30.5 Å². The fourth-order valence-corrected chi connectivity index (χ4v) is 0.820. The van der Waals surface area contributed by atoms with E-state index in [0.29, 0.717) is 0 Å². The van der Waals surface area contributed by atoms with Gasteiger partial charge in [-0.1, -0.05) is 0 Å². The van der Waals surface area contributed by atoms with E-state index in [1.165, 1.54) is 0 Å². The number of fused-ring (bicyclic) bond motifs is 1. The van der Waals surface area contributed by atoms with Crippen LogP contribution in [0.1, 0.15) is 0 Å². The van der Waals surface area contributed by atoms with E-state index in [1.54, 1.807) is 6.20 Å². The van der Waals surface area contributed by atoms with E-state index >= 15 is 0 Å². The van der Waals surface area contributed by atoms with Crippen LogP contribution in [0.25, 0.3) is 10.9 Å². The number of hydrogen-bond acceptors (Lipinski definition) is 1. The smallest absolute Gasteiger partial charge is 0 e. The Balaban J connectivity index is 0.000000500. The van der Waals surface area contributed by atoms with Gasteiger partial charge in [-0.05, 0) is 11.7 Å². The van der Waals surface area contributed by atoms with Gasteiger partial charge in [-0.25, -0.2) is 5.10 Å². The number of nitrogens with one attached hydrogen (secondary N) is 1. The predicted molar refractivity (Wildman–Crippen MR) is 34.9 cm³/mol. The van der Waals surface area contributed by atoms with Crippen molar-refractivity contribution >= 4 is 10.9 Å². The zero-order valence-electron chi connectivity index (χ0n) is 5.33. The first-order valence-electron chi connectivity index (χ1n) is 2.76. The first-order chi connectivity index (χ1) is 4.47. The first-order valence-corrected chi connectivity index (χ1v) is 2.76. The van der Waals surface area contributed by atoms with Crippen LogP contribution in [0.3, 0.4) is 0 Å². The predicted octanol–water partition coefficient (Wildman–Crippen LogP) is 1.36. The van der Waals surface area contributed by atoms with Gasteiger partial charge in [0, 0.05) is 32.7 Å². The third kappa shape index (κ3) is 1.28. The molecule has 1 aromatic heterocycles. The number of H-pyrrole nitrogens is 1. The second-order valence-electron chi connectivity index (χ2n) is 1.87. The second kappa shape index (κ2) is 3.26. The second-order valence-corrected chi connectivity index (χ2v) is 1.87. The minimum Gasteiger partial charge on any atom is -0.328 e. The summed E-state index contributed by atoms with van der Waals surface area (Å²) in [6.07, 6.45) is 1.76. The monoisotopic (exact) mass is 206 g/mol. The van der Waals surface area contributed by atoms with E-state index in [2.05, 4.69) is 16.3 Å². The van der Waals surface area contributed by atoms with Crippen LogP contribution in [0.4, 0.5) is 0 Å². The van der Waals surface area contributed by atoms with Crippen molar-refractivity contribution < 1.29 is 32.7 Å². The van der Waals surface area contributed by atoms with E-state index in [4.69, 9.17) is 0 Å². The molecule has 0 amide bonds. The van der Waals surface area contributed by atoms with Crippen molar-refractivity contribution in [1.82, 2.24) is 10.2 Å². The Kier molecular flexibility index (Phi) is 2.58. The number of rotatable bonds is 0. The molecule has 1 aromatic carbocycles. The van der Waals surface area contributed by atoms with Gasteiger partial charge in [0.2, 0.25) is 0 Å². The van der Waals surface area contributed by atoms with Crippen LogP contribution in [0.5, 0.6) is 0 Å². The van der Waals surface area contributed by atoms with Gasteiger partial charge >= 0.3 is 0 Å². The van der Waals surface area contributed by atoms with Crippen molar-refractivity contribution in [2.24, 2.45) is 0 Å². The van der Waals surface area contributed by atoms with Crippen molar-refractivity contribution in [3.63, 3.8) is 0 Å². The molecule has 10 heavy (non-hydrogen) atoms. The third-order valence-corrected chi connectivity index (χ3v) is 1.27. The van der Waals surface area contributed by atoms with Gasteiger partial charge in [-0.15, -0.1) is 29.7 Å². The molecule has 47 valence electrons. The molecule has 0 spiro atoms. The van der Waals surface area contributed by atoms with Gasteiger partial charge in [0.05, 0.1) is 0 Å². The molecule has 0 saturated heterocycles. The molecule has 2 rings (SSSR count). The van der Waals surface area contributed by atoms with E-state index in [9.17, 15) is 0 Å².